The van der Waals surface area contributed by atoms with Crippen LogP contribution in [-0.4, -0.2) is 19.5 Å². The molecule has 0 bridgehead atoms. The molecule has 68 valence electrons. The third-order valence-electron chi connectivity index (χ3n) is 1.97. The van der Waals surface area contributed by atoms with Gasteiger partial charge in [0.05, 0.1) is 18.4 Å². The first-order valence-electron chi connectivity index (χ1n) is 3.86. The molecule has 0 fully saturated rings. The van der Waals surface area contributed by atoms with Crippen LogP contribution in [0.4, 0.5) is 5.69 Å². The van der Waals surface area contributed by atoms with E-state index in [1.54, 1.807) is 12.1 Å². The maximum absolute atomic E-state index is 11.2. The van der Waals surface area contributed by atoms with Crippen LogP contribution in [0.15, 0.2) is 12.1 Å². The van der Waals surface area contributed by atoms with Crippen LogP contribution >= 0.6 is 0 Å². The van der Waals surface area contributed by atoms with Gasteiger partial charge in [0.15, 0.2) is 12.4 Å². The molecule has 1 heterocycles. The molecule has 13 heavy (non-hydrogen) atoms. The Kier molecular flexibility index (Phi) is 1.62. The molecule has 2 N–H and O–H groups in total. The zero-order valence-corrected chi connectivity index (χ0v) is 7.16. The third kappa shape index (κ3) is 1.11. The number of ketones is 1. The van der Waals surface area contributed by atoms with Crippen molar-refractivity contribution in [3.63, 3.8) is 0 Å². The Hall–Kier alpha value is -1.71. The minimum atomic E-state index is -0.0550. The highest BCUT2D eigenvalue weighted by atomic mass is 16.5. The fraction of sp³-hybridized carbons (Fsp3) is 0.222. The SMILES string of the molecule is COc1cc(N)c2c(c1)C(=O)CO2. The molecule has 0 saturated carbocycles. The molecule has 0 amide bonds. The van der Waals surface area contributed by atoms with Crippen molar-refractivity contribution in [1.82, 2.24) is 0 Å². The average Bonchev–Trinajstić information content (AvgIpc) is 2.48. The molecule has 0 spiro atoms. The van der Waals surface area contributed by atoms with E-state index in [0.717, 1.165) is 0 Å². The van der Waals surface area contributed by atoms with E-state index in [1.165, 1.54) is 7.11 Å². The van der Waals surface area contributed by atoms with Crippen LogP contribution in [0.25, 0.3) is 0 Å². The predicted octanol–water partition coefficient (Wildman–Crippen LogP) is 0.853. The van der Waals surface area contributed by atoms with Gasteiger partial charge in [-0.1, -0.05) is 0 Å². The molecule has 0 atom stereocenters. The van der Waals surface area contributed by atoms with Gasteiger partial charge in [0, 0.05) is 6.07 Å². The lowest BCUT2D eigenvalue weighted by Crippen LogP contribution is -1.98. The van der Waals surface area contributed by atoms with Gasteiger partial charge >= 0.3 is 0 Å². The monoisotopic (exact) mass is 179 g/mol. The molecule has 4 heteroatoms. The lowest BCUT2D eigenvalue weighted by atomic mass is 10.1. The standard InChI is InChI=1S/C9H9NO3/c1-12-5-2-6-8(11)4-13-9(6)7(10)3-5/h2-3H,4,10H2,1H3. The number of rotatable bonds is 1. The van der Waals surface area contributed by atoms with Gasteiger partial charge in [-0.05, 0) is 6.07 Å². The number of benzene rings is 1. The average molecular weight is 179 g/mol. The first-order valence-corrected chi connectivity index (χ1v) is 3.86. The Morgan fingerprint density at radius 2 is 2.31 bits per heavy atom. The second kappa shape index (κ2) is 2.65. The van der Waals surface area contributed by atoms with Crippen molar-refractivity contribution in [1.29, 1.82) is 0 Å². The molecule has 1 aromatic carbocycles. The number of ether oxygens (including phenoxy) is 2. The summed E-state index contributed by atoms with van der Waals surface area (Å²) < 4.78 is 10.1. The lowest BCUT2D eigenvalue weighted by Gasteiger charge is -2.05. The molecular weight excluding hydrogens is 170 g/mol. The van der Waals surface area contributed by atoms with Gasteiger partial charge in [-0.15, -0.1) is 0 Å². The van der Waals surface area contributed by atoms with Crippen LogP contribution in [-0.2, 0) is 0 Å². The summed E-state index contributed by atoms with van der Waals surface area (Å²) in [5.74, 6) is 1.00. The number of anilines is 1. The maximum atomic E-state index is 11.2. The van der Waals surface area contributed by atoms with E-state index in [2.05, 4.69) is 0 Å². The molecule has 0 unspecified atom stereocenters. The Balaban J connectivity index is 2.60. The van der Waals surface area contributed by atoms with Crippen molar-refractivity contribution in [3.8, 4) is 11.5 Å². The van der Waals surface area contributed by atoms with Gasteiger partial charge in [0.1, 0.15) is 5.75 Å². The zero-order chi connectivity index (χ0) is 9.42. The molecular formula is C9H9NO3. The summed E-state index contributed by atoms with van der Waals surface area (Å²) in [5, 5.41) is 0. The van der Waals surface area contributed by atoms with Crippen LogP contribution in [0, 0.1) is 0 Å². The van der Waals surface area contributed by atoms with E-state index >= 15 is 0 Å². The number of carbonyl (C=O) groups is 1. The summed E-state index contributed by atoms with van der Waals surface area (Å²) in [4.78, 5) is 11.2. The van der Waals surface area contributed by atoms with Crippen LogP contribution in [0.2, 0.25) is 0 Å². The van der Waals surface area contributed by atoms with Gasteiger partial charge in [-0.2, -0.15) is 0 Å². The predicted molar refractivity (Wildman–Crippen MR) is 47.2 cm³/mol. The second-order valence-corrected chi connectivity index (χ2v) is 2.81. The first kappa shape index (κ1) is 7.91. The number of hydrogen-bond acceptors (Lipinski definition) is 4. The van der Waals surface area contributed by atoms with Crippen molar-refractivity contribution in [2.45, 2.75) is 0 Å². The van der Waals surface area contributed by atoms with E-state index in [9.17, 15) is 4.79 Å². The summed E-state index contributed by atoms with van der Waals surface area (Å²) in [7, 11) is 1.53. The Morgan fingerprint density at radius 1 is 1.54 bits per heavy atom. The number of carbonyl (C=O) groups excluding carboxylic acids is 1. The molecule has 1 aliphatic heterocycles. The molecule has 0 aliphatic carbocycles. The van der Waals surface area contributed by atoms with Crippen molar-refractivity contribution < 1.29 is 14.3 Å². The molecule has 1 aliphatic rings. The zero-order valence-electron chi connectivity index (χ0n) is 7.16. The van der Waals surface area contributed by atoms with Gasteiger partial charge < -0.3 is 15.2 Å². The summed E-state index contributed by atoms with van der Waals surface area (Å²) >= 11 is 0. The number of fused-ring (bicyclic) bond motifs is 1. The molecule has 1 aromatic rings. The Labute approximate surface area is 75.2 Å². The van der Waals surface area contributed by atoms with E-state index < -0.39 is 0 Å². The minimum absolute atomic E-state index is 0.0550. The van der Waals surface area contributed by atoms with Crippen LogP contribution < -0.4 is 15.2 Å². The van der Waals surface area contributed by atoms with Gasteiger partial charge in [-0.3, -0.25) is 4.79 Å². The summed E-state index contributed by atoms with van der Waals surface area (Å²) in [6.45, 7) is 0.0761. The molecule has 0 saturated heterocycles. The molecule has 2 rings (SSSR count). The Morgan fingerprint density at radius 3 is 3.00 bits per heavy atom. The molecule has 0 radical (unpaired) electrons. The normalized spacial score (nSPS) is 13.8. The number of hydrogen-bond donors (Lipinski definition) is 1. The van der Waals surface area contributed by atoms with Gasteiger partial charge in [0.2, 0.25) is 5.78 Å². The van der Waals surface area contributed by atoms with Crippen molar-refractivity contribution in [3.05, 3.63) is 17.7 Å². The van der Waals surface area contributed by atoms with Gasteiger partial charge in [0.25, 0.3) is 0 Å². The number of nitrogens with two attached hydrogens (primary N) is 1. The van der Waals surface area contributed by atoms with Crippen molar-refractivity contribution >= 4 is 11.5 Å². The van der Waals surface area contributed by atoms with Gasteiger partial charge in [-0.25, -0.2) is 0 Å². The number of methoxy groups -OCH3 is 1. The van der Waals surface area contributed by atoms with E-state index in [1.807, 2.05) is 0 Å². The van der Waals surface area contributed by atoms with E-state index in [-0.39, 0.29) is 12.4 Å². The summed E-state index contributed by atoms with van der Waals surface area (Å²) in [5.41, 5.74) is 6.61. The first-order chi connectivity index (χ1) is 6.22. The largest absolute Gasteiger partial charge is 0.497 e. The van der Waals surface area contributed by atoms with Crippen LogP contribution in [0.3, 0.4) is 0 Å². The van der Waals surface area contributed by atoms with Crippen molar-refractivity contribution in [2.24, 2.45) is 0 Å². The summed E-state index contributed by atoms with van der Waals surface area (Å²) in [6.07, 6.45) is 0. The maximum Gasteiger partial charge on any atom is 0.204 e. The second-order valence-electron chi connectivity index (χ2n) is 2.81. The number of Topliss-reactive ketones (excluding diaryl/α,β-unsaturated/α-hetero) is 1. The molecule has 0 aromatic heterocycles. The highest BCUT2D eigenvalue weighted by Crippen LogP contribution is 2.35. The van der Waals surface area contributed by atoms with E-state index in [4.69, 9.17) is 15.2 Å². The van der Waals surface area contributed by atoms with E-state index in [0.29, 0.717) is 22.7 Å². The van der Waals surface area contributed by atoms with Crippen molar-refractivity contribution in [2.75, 3.05) is 19.5 Å². The Bertz CT molecular complexity index is 373. The molecule has 4 nitrogen and oxygen atoms in total. The summed E-state index contributed by atoms with van der Waals surface area (Å²) in [6, 6.07) is 3.28. The smallest absolute Gasteiger partial charge is 0.204 e. The fourth-order valence-corrected chi connectivity index (χ4v) is 1.33. The van der Waals surface area contributed by atoms with Crippen LogP contribution in [0.5, 0.6) is 11.5 Å². The third-order valence-corrected chi connectivity index (χ3v) is 1.97. The topological polar surface area (TPSA) is 61.5 Å². The quantitative estimate of drug-likeness (QED) is 0.649. The van der Waals surface area contributed by atoms with Crippen LogP contribution in [0.1, 0.15) is 10.4 Å². The highest BCUT2D eigenvalue weighted by Gasteiger charge is 2.24. The minimum Gasteiger partial charge on any atom is -0.497 e. The number of nitrogen functional groups attached to an aromatic ring is 1. The lowest BCUT2D eigenvalue weighted by molar-refractivity contribution is 0.0961. The fourth-order valence-electron chi connectivity index (χ4n) is 1.33. The highest BCUT2D eigenvalue weighted by molar-refractivity contribution is 6.04.